The van der Waals surface area contributed by atoms with Crippen LogP contribution in [0, 0.1) is 0 Å². The zero-order chi connectivity index (χ0) is 14.3. The Labute approximate surface area is 111 Å². The molecule has 8 nitrogen and oxygen atoms in total. The lowest BCUT2D eigenvalue weighted by atomic mass is 10.3. The van der Waals surface area contributed by atoms with Gasteiger partial charge in [-0.1, -0.05) is 5.21 Å². The fourth-order valence-corrected chi connectivity index (χ4v) is 1.41. The minimum atomic E-state index is -0.230. The van der Waals surface area contributed by atoms with Crippen molar-refractivity contribution in [2.24, 2.45) is 5.73 Å². The molecule has 0 aliphatic rings. The average molecular weight is 268 g/mol. The van der Waals surface area contributed by atoms with E-state index in [1.54, 1.807) is 29.9 Å². The van der Waals surface area contributed by atoms with Crippen molar-refractivity contribution in [3.8, 4) is 0 Å². The van der Waals surface area contributed by atoms with Crippen LogP contribution < -0.4 is 11.1 Å². The molecule has 106 valence electrons. The molecule has 0 saturated heterocycles. The van der Waals surface area contributed by atoms with E-state index in [4.69, 9.17) is 5.73 Å². The number of rotatable bonds is 7. The standard InChI is InChI=1S/C11H20N6O2/c1-16(2)11(19)4-3-5-17-8-9(14-15-17)7-13-10(18)6-12/h8H,3-7,12H2,1-2H3,(H,13,18). The lowest BCUT2D eigenvalue weighted by Gasteiger charge is -2.09. The lowest BCUT2D eigenvalue weighted by molar-refractivity contribution is -0.128. The van der Waals surface area contributed by atoms with Gasteiger partial charge in [-0.25, -0.2) is 0 Å². The molecule has 0 radical (unpaired) electrons. The molecule has 19 heavy (non-hydrogen) atoms. The highest BCUT2D eigenvalue weighted by Gasteiger charge is 2.05. The van der Waals surface area contributed by atoms with Gasteiger partial charge in [0.25, 0.3) is 0 Å². The Morgan fingerprint density at radius 3 is 2.84 bits per heavy atom. The highest BCUT2D eigenvalue weighted by atomic mass is 16.2. The maximum atomic E-state index is 11.4. The number of hydrogen-bond acceptors (Lipinski definition) is 5. The van der Waals surface area contributed by atoms with Gasteiger partial charge in [-0.05, 0) is 6.42 Å². The van der Waals surface area contributed by atoms with E-state index in [0.29, 0.717) is 31.6 Å². The molecular formula is C11H20N6O2. The summed E-state index contributed by atoms with van der Waals surface area (Å²) >= 11 is 0. The van der Waals surface area contributed by atoms with Crippen LogP contribution in [0.2, 0.25) is 0 Å². The second-order valence-electron chi connectivity index (χ2n) is 4.35. The first kappa shape index (κ1) is 15.1. The van der Waals surface area contributed by atoms with E-state index in [2.05, 4.69) is 15.6 Å². The van der Waals surface area contributed by atoms with Crippen molar-refractivity contribution < 1.29 is 9.59 Å². The first-order valence-corrected chi connectivity index (χ1v) is 6.09. The zero-order valence-corrected chi connectivity index (χ0v) is 11.3. The number of nitrogens with zero attached hydrogens (tertiary/aromatic N) is 4. The lowest BCUT2D eigenvalue weighted by Crippen LogP contribution is -2.29. The summed E-state index contributed by atoms with van der Waals surface area (Å²) in [6.07, 6.45) is 2.93. The highest BCUT2D eigenvalue weighted by molar-refractivity contribution is 5.77. The quantitative estimate of drug-likeness (QED) is 0.640. The SMILES string of the molecule is CN(C)C(=O)CCCn1cc(CNC(=O)CN)nn1. The molecule has 2 amide bonds. The fraction of sp³-hybridized carbons (Fsp3) is 0.636. The van der Waals surface area contributed by atoms with E-state index in [1.807, 2.05) is 0 Å². The van der Waals surface area contributed by atoms with Crippen LogP contribution in [0.1, 0.15) is 18.5 Å². The fourth-order valence-electron chi connectivity index (χ4n) is 1.41. The van der Waals surface area contributed by atoms with Gasteiger partial charge in [-0.15, -0.1) is 5.10 Å². The Balaban J connectivity index is 2.30. The normalized spacial score (nSPS) is 10.3. The zero-order valence-electron chi connectivity index (χ0n) is 11.3. The van der Waals surface area contributed by atoms with Gasteiger partial charge < -0.3 is 16.0 Å². The van der Waals surface area contributed by atoms with Crippen molar-refractivity contribution in [2.45, 2.75) is 25.9 Å². The summed E-state index contributed by atoms with van der Waals surface area (Å²) in [7, 11) is 3.46. The molecule has 1 heterocycles. The summed E-state index contributed by atoms with van der Waals surface area (Å²) in [6.45, 7) is 0.894. The molecule has 1 aromatic heterocycles. The van der Waals surface area contributed by atoms with Gasteiger partial charge >= 0.3 is 0 Å². The van der Waals surface area contributed by atoms with Gasteiger partial charge in [0.2, 0.25) is 11.8 Å². The number of nitrogens with one attached hydrogen (secondary N) is 1. The maximum Gasteiger partial charge on any atom is 0.234 e. The van der Waals surface area contributed by atoms with E-state index in [0.717, 1.165) is 0 Å². The second-order valence-corrected chi connectivity index (χ2v) is 4.35. The maximum absolute atomic E-state index is 11.4. The number of carbonyl (C=O) groups is 2. The molecule has 0 aliphatic carbocycles. The largest absolute Gasteiger partial charge is 0.349 e. The van der Waals surface area contributed by atoms with Crippen LogP contribution in [-0.4, -0.2) is 52.3 Å². The van der Waals surface area contributed by atoms with Crippen molar-refractivity contribution in [3.05, 3.63) is 11.9 Å². The van der Waals surface area contributed by atoms with Gasteiger partial charge in [0.05, 0.1) is 19.3 Å². The molecule has 0 fully saturated rings. The van der Waals surface area contributed by atoms with Crippen LogP contribution in [0.4, 0.5) is 0 Å². The Morgan fingerprint density at radius 1 is 1.47 bits per heavy atom. The number of nitrogens with two attached hydrogens (primary N) is 1. The van der Waals surface area contributed by atoms with Gasteiger partial charge in [0.15, 0.2) is 0 Å². The smallest absolute Gasteiger partial charge is 0.234 e. The Bertz CT molecular complexity index is 429. The van der Waals surface area contributed by atoms with Gasteiger partial charge in [-0.3, -0.25) is 14.3 Å². The summed E-state index contributed by atoms with van der Waals surface area (Å²) in [6, 6.07) is 0. The molecule has 0 spiro atoms. The molecule has 1 rings (SSSR count). The molecule has 0 aromatic carbocycles. The van der Waals surface area contributed by atoms with Gasteiger partial charge in [0, 0.05) is 27.1 Å². The summed E-state index contributed by atoms with van der Waals surface area (Å²) < 4.78 is 1.66. The molecule has 0 saturated carbocycles. The molecule has 0 bridgehead atoms. The molecule has 0 aliphatic heterocycles. The molecular weight excluding hydrogens is 248 g/mol. The van der Waals surface area contributed by atoms with Crippen LogP contribution in [0.3, 0.4) is 0 Å². The first-order chi connectivity index (χ1) is 9.02. The Hall–Kier alpha value is -1.96. The average Bonchev–Trinajstić information content (AvgIpc) is 2.83. The van der Waals surface area contributed by atoms with Crippen molar-refractivity contribution in [2.75, 3.05) is 20.6 Å². The van der Waals surface area contributed by atoms with Crippen molar-refractivity contribution in [1.29, 1.82) is 0 Å². The molecule has 3 N–H and O–H groups in total. The van der Waals surface area contributed by atoms with Crippen molar-refractivity contribution in [3.63, 3.8) is 0 Å². The minimum Gasteiger partial charge on any atom is -0.349 e. The molecule has 1 aromatic rings. The van der Waals surface area contributed by atoms with Gasteiger partial charge in [-0.2, -0.15) is 0 Å². The predicted octanol–water partition coefficient (Wildman–Crippen LogP) is -1.28. The van der Waals surface area contributed by atoms with Gasteiger partial charge in [0.1, 0.15) is 5.69 Å². The van der Waals surface area contributed by atoms with E-state index < -0.39 is 0 Å². The third kappa shape index (κ3) is 5.47. The van der Waals surface area contributed by atoms with E-state index in [-0.39, 0.29) is 18.4 Å². The molecule has 0 unspecified atom stereocenters. The third-order valence-corrected chi connectivity index (χ3v) is 2.51. The number of aryl methyl sites for hydroxylation is 1. The first-order valence-electron chi connectivity index (χ1n) is 6.09. The van der Waals surface area contributed by atoms with Crippen LogP contribution in [0.25, 0.3) is 0 Å². The minimum absolute atomic E-state index is 0.0409. The van der Waals surface area contributed by atoms with Crippen LogP contribution in [-0.2, 0) is 22.7 Å². The summed E-state index contributed by atoms with van der Waals surface area (Å²) in [5, 5.41) is 10.4. The van der Waals surface area contributed by atoms with E-state index in [9.17, 15) is 9.59 Å². The monoisotopic (exact) mass is 268 g/mol. The summed E-state index contributed by atoms with van der Waals surface area (Å²) in [5.41, 5.74) is 5.84. The van der Waals surface area contributed by atoms with Crippen molar-refractivity contribution >= 4 is 11.8 Å². The second kappa shape index (κ2) is 7.47. The molecule has 0 atom stereocenters. The van der Waals surface area contributed by atoms with Crippen LogP contribution in [0.5, 0.6) is 0 Å². The van der Waals surface area contributed by atoms with E-state index >= 15 is 0 Å². The number of carbonyl (C=O) groups excluding carboxylic acids is 2. The summed E-state index contributed by atoms with van der Waals surface area (Å²) in [4.78, 5) is 23.9. The number of aromatic nitrogens is 3. The number of amides is 2. The highest BCUT2D eigenvalue weighted by Crippen LogP contribution is 1.99. The third-order valence-electron chi connectivity index (χ3n) is 2.51. The number of hydrogen-bond donors (Lipinski definition) is 2. The Kier molecular flexibility index (Phi) is 5.94. The predicted molar refractivity (Wildman–Crippen MR) is 68.9 cm³/mol. The molecule has 8 heteroatoms. The van der Waals surface area contributed by atoms with Crippen LogP contribution >= 0.6 is 0 Å². The Morgan fingerprint density at radius 2 is 2.21 bits per heavy atom. The summed E-state index contributed by atoms with van der Waals surface area (Å²) in [5.74, 6) is -0.137. The van der Waals surface area contributed by atoms with E-state index in [1.165, 1.54) is 0 Å². The van der Waals surface area contributed by atoms with Crippen molar-refractivity contribution in [1.82, 2.24) is 25.2 Å². The topological polar surface area (TPSA) is 106 Å². The van der Waals surface area contributed by atoms with Crippen LogP contribution in [0.15, 0.2) is 6.20 Å².